The fourth-order valence-corrected chi connectivity index (χ4v) is 3.89. The summed E-state index contributed by atoms with van der Waals surface area (Å²) in [6.07, 6.45) is 0. The van der Waals surface area contributed by atoms with Crippen LogP contribution in [0.3, 0.4) is 0 Å². The lowest BCUT2D eigenvalue weighted by atomic mass is 10.2. The predicted molar refractivity (Wildman–Crippen MR) is 106 cm³/mol. The van der Waals surface area contributed by atoms with Crippen LogP contribution in [-0.2, 0) is 0 Å². The number of aromatic amines is 1. The molecule has 0 saturated heterocycles. The summed E-state index contributed by atoms with van der Waals surface area (Å²) in [5, 5.41) is 0.831. The molecule has 0 amide bonds. The Balaban J connectivity index is 2.28. The number of carbonyl (C=O) groups is 1. The van der Waals surface area contributed by atoms with E-state index in [0.29, 0.717) is 5.52 Å². The number of hydrogen-bond donors (Lipinski definition) is 1. The van der Waals surface area contributed by atoms with E-state index in [1.807, 2.05) is 0 Å². The number of carbonyl (C=O) groups excluding carboxylic acids is 1. The lowest BCUT2D eigenvalue weighted by Crippen LogP contribution is -2.29. The Morgan fingerprint density at radius 1 is 1.08 bits per heavy atom. The van der Waals surface area contributed by atoms with Crippen LogP contribution in [0, 0.1) is 4.77 Å². The molecule has 134 valence electrons. The van der Waals surface area contributed by atoms with Gasteiger partial charge in [-0.1, -0.05) is 46.4 Å². The quantitative estimate of drug-likeness (QED) is 0.534. The molecular weight excluding hydrogens is 442 g/mol. The molecule has 26 heavy (non-hydrogen) atoms. The van der Waals surface area contributed by atoms with Gasteiger partial charge in [-0.2, -0.15) is 0 Å². The number of rotatable bonds is 2. The van der Waals surface area contributed by atoms with Gasteiger partial charge in [-0.25, -0.2) is 4.57 Å². The minimum absolute atomic E-state index is 0.0647. The molecule has 2 aromatic carbocycles. The maximum absolute atomic E-state index is 12.9. The summed E-state index contributed by atoms with van der Waals surface area (Å²) in [5.41, 5.74) is -0.308. The van der Waals surface area contributed by atoms with Crippen molar-refractivity contribution in [1.29, 1.82) is 0 Å². The Kier molecular flexibility index (Phi) is 5.33. The van der Waals surface area contributed by atoms with Gasteiger partial charge in [-0.3, -0.25) is 9.59 Å². The molecule has 0 radical (unpaired) electrons. The van der Waals surface area contributed by atoms with Crippen LogP contribution in [0.2, 0.25) is 20.1 Å². The molecule has 0 atom stereocenters. The molecule has 0 spiro atoms. The van der Waals surface area contributed by atoms with E-state index in [4.69, 9.17) is 63.4 Å². The van der Waals surface area contributed by atoms with Crippen LogP contribution in [0.4, 0.5) is 0 Å². The molecule has 10 heteroatoms. The Bertz CT molecular complexity index is 1160. The highest BCUT2D eigenvalue weighted by Crippen LogP contribution is 2.34. The molecule has 1 heterocycles. The van der Waals surface area contributed by atoms with E-state index < -0.39 is 11.5 Å². The number of fused-ring (bicyclic) bond motifs is 1. The van der Waals surface area contributed by atoms with E-state index in [9.17, 15) is 9.59 Å². The Labute approximate surface area is 172 Å². The summed E-state index contributed by atoms with van der Waals surface area (Å²) in [6, 6.07) is 5.54. The molecule has 1 aromatic heterocycles. The van der Waals surface area contributed by atoms with E-state index >= 15 is 0 Å². The summed E-state index contributed by atoms with van der Waals surface area (Å²) < 4.78 is 5.71. The second-order valence-corrected chi connectivity index (χ2v) is 7.20. The third kappa shape index (κ3) is 3.23. The predicted octanol–water partition coefficient (Wildman–Crippen LogP) is 5.37. The van der Waals surface area contributed by atoms with Crippen molar-refractivity contribution in [3.8, 4) is 5.75 Å². The monoisotopic (exact) mass is 448 g/mol. The first-order valence-corrected chi connectivity index (χ1v) is 8.88. The lowest BCUT2D eigenvalue weighted by Gasteiger charge is -2.11. The second kappa shape index (κ2) is 7.21. The van der Waals surface area contributed by atoms with Crippen molar-refractivity contribution in [3.05, 3.63) is 65.0 Å². The average molecular weight is 450 g/mol. The zero-order valence-electron chi connectivity index (χ0n) is 12.9. The molecule has 0 fully saturated rings. The van der Waals surface area contributed by atoms with Crippen LogP contribution in [-0.4, -0.2) is 22.6 Å². The molecule has 0 aliphatic heterocycles. The van der Waals surface area contributed by atoms with E-state index in [-0.39, 0.29) is 41.6 Å². The van der Waals surface area contributed by atoms with Gasteiger partial charge < -0.3 is 9.72 Å². The fraction of sp³-hybridized carbons (Fsp3) is 0.0625. The molecule has 0 aliphatic carbocycles. The summed E-state index contributed by atoms with van der Waals surface area (Å²) in [6.45, 7) is 0. The van der Waals surface area contributed by atoms with Gasteiger partial charge in [0.25, 0.3) is 11.5 Å². The topological polar surface area (TPSA) is 64.1 Å². The normalized spacial score (nSPS) is 11.0. The number of nitrogens with one attached hydrogen (secondary N) is 1. The SMILES string of the molecule is COc1c(Cl)cc(C(=O)n2c(=S)[nH]c3c(Cl)cc(Cl)cc3c2=O)cc1Cl. The van der Waals surface area contributed by atoms with Gasteiger partial charge in [0.15, 0.2) is 10.5 Å². The number of methoxy groups -OCH3 is 1. The van der Waals surface area contributed by atoms with Gasteiger partial charge in [-0.15, -0.1) is 0 Å². The molecule has 0 bridgehead atoms. The molecule has 0 aliphatic rings. The van der Waals surface area contributed by atoms with E-state index in [1.54, 1.807) is 0 Å². The van der Waals surface area contributed by atoms with Crippen LogP contribution in [0.1, 0.15) is 10.4 Å². The van der Waals surface area contributed by atoms with Gasteiger partial charge >= 0.3 is 0 Å². The molecule has 1 N–H and O–H groups in total. The third-order valence-electron chi connectivity index (χ3n) is 3.58. The van der Waals surface area contributed by atoms with E-state index in [1.165, 1.54) is 31.4 Å². The van der Waals surface area contributed by atoms with Crippen molar-refractivity contribution < 1.29 is 9.53 Å². The molecular formula is C16H8Cl4N2O3S. The number of ether oxygens (including phenoxy) is 1. The van der Waals surface area contributed by atoms with Gasteiger partial charge in [0.2, 0.25) is 0 Å². The molecule has 5 nitrogen and oxygen atoms in total. The van der Waals surface area contributed by atoms with Crippen LogP contribution in [0.25, 0.3) is 10.9 Å². The minimum Gasteiger partial charge on any atom is -0.494 e. The van der Waals surface area contributed by atoms with Crippen molar-refractivity contribution in [2.75, 3.05) is 7.11 Å². The molecule has 0 unspecified atom stereocenters. The Morgan fingerprint density at radius 3 is 2.27 bits per heavy atom. The van der Waals surface area contributed by atoms with Crippen molar-refractivity contribution in [1.82, 2.24) is 9.55 Å². The second-order valence-electron chi connectivity index (χ2n) is 5.16. The van der Waals surface area contributed by atoms with E-state index in [0.717, 1.165) is 4.57 Å². The summed E-state index contributed by atoms with van der Waals surface area (Å²) in [4.78, 5) is 28.4. The zero-order chi connectivity index (χ0) is 19.2. The number of aromatic nitrogens is 2. The summed E-state index contributed by atoms with van der Waals surface area (Å²) in [5.74, 6) is -0.486. The summed E-state index contributed by atoms with van der Waals surface area (Å²) >= 11 is 29.3. The maximum Gasteiger partial charge on any atom is 0.269 e. The first-order valence-electron chi connectivity index (χ1n) is 6.96. The Hall–Kier alpha value is -1.57. The van der Waals surface area contributed by atoms with Crippen molar-refractivity contribution >= 4 is 75.4 Å². The Morgan fingerprint density at radius 2 is 1.69 bits per heavy atom. The zero-order valence-corrected chi connectivity index (χ0v) is 16.7. The van der Waals surface area contributed by atoms with Gasteiger partial charge in [0.1, 0.15) is 0 Å². The minimum atomic E-state index is -0.708. The van der Waals surface area contributed by atoms with Crippen molar-refractivity contribution in [2.24, 2.45) is 0 Å². The highest BCUT2D eigenvalue weighted by atomic mass is 35.5. The summed E-state index contributed by atoms with van der Waals surface area (Å²) in [7, 11) is 1.40. The van der Waals surface area contributed by atoms with Gasteiger partial charge in [0, 0.05) is 10.6 Å². The number of nitrogens with zero attached hydrogens (tertiary/aromatic N) is 1. The van der Waals surface area contributed by atoms with Gasteiger partial charge in [-0.05, 0) is 36.5 Å². The van der Waals surface area contributed by atoms with Crippen molar-refractivity contribution in [2.45, 2.75) is 0 Å². The maximum atomic E-state index is 12.9. The number of benzene rings is 2. The average Bonchev–Trinajstić information content (AvgIpc) is 2.55. The third-order valence-corrected chi connectivity index (χ3v) is 4.94. The van der Waals surface area contributed by atoms with Crippen LogP contribution < -0.4 is 10.3 Å². The standard InChI is InChI=1S/C16H8Cl4N2O3S/c1-25-13-10(19)2-6(3-11(13)20)14(23)22-15(24)8-4-7(17)5-9(18)12(8)21-16(22)26/h2-5H,1H3,(H,21,26). The number of H-pyrrole nitrogens is 1. The van der Waals surface area contributed by atoms with Crippen molar-refractivity contribution in [3.63, 3.8) is 0 Å². The smallest absolute Gasteiger partial charge is 0.269 e. The van der Waals surface area contributed by atoms with Crippen LogP contribution in [0.5, 0.6) is 5.75 Å². The first kappa shape index (κ1) is 19.2. The van der Waals surface area contributed by atoms with E-state index in [2.05, 4.69) is 4.98 Å². The fourth-order valence-electron chi connectivity index (χ4n) is 2.44. The number of halogens is 4. The van der Waals surface area contributed by atoms with Crippen LogP contribution >= 0.6 is 58.6 Å². The lowest BCUT2D eigenvalue weighted by molar-refractivity contribution is 0.0953. The highest BCUT2D eigenvalue weighted by molar-refractivity contribution is 7.71. The molecule has 0 saturated carbocycles. The molecule has 3 rings (SSSR count). The first-order chi connectivity index (χ1) is 12.2. The molecule has 3 aromatic rings. The largest absolute Gasteiger partial charge is 0.494 e. The van der Waals surface area contributed by atoms with Gasteiger partial charge in [0.05, 0.1) is 33.1 Å². The van der Waals surface area contributed by atoms with Crippen LogP contribution in [0.15, 0.2) is 29.1 Å². The highest BCUT2D eigenvalue weighted by Gasteiger charge is 2.19. The number of hydrogen-bond acceptors (Lipinski definition) is 4.